The number of hydrogen-bond donors (Lipinski definition) is 1. The van der Waals surface area contributed by atoms with Crippen LogP contribution in [0.4, 0.5) is 4.39 Å². The van der Waals surface area contributed by atoms with E-state index in [0.29, 0.717) is 17.3 Å². The maximum absolute atomic E-state index is 13.1. The highest BCUT2D eigenvalue weighted by atomic mass is 19.1. The molecule has 0 unspecified atom stereocenters. The Morgan fingerprint density at radius 1 is 0.938 bits per heavy atom. The fourth-order valence-electron chi connectivity index (χ4n) is 2.96. The van der Waals surface area contributed by atoms with Crippen molar-refractivity contribution in [2.75, 3.05) is 7.11 Å². The van der Waals surface area contributed by atoms with Crippen molar-refractivity contribution in [1.29, 1.82) is 0 Å². The van der Waals surface area contributed by atoms with E-state index in [9.17, 15) is 9.18 Å². The van der Waals surface area contributed by atoms with Crippen molar-refractivity contribution >= 4 is 5.91 Å². The molecule has 4 aromatic rings. The number of nitrogens with zero attached hydrogens (tertiary/aromatic N) is 2. The van der Waals surface area contributed by atoms with Gasteiger partial charge in [-0.25, -0.2) is 9.37 Å². The number of nitrogens with one attached hydrogen (secondary N) is 1. The highest BCUT2D eigenvalue weighted by molar-refractivity contribution is 5.96. The molecule has 32 heavy (non-hydrogen) atoms. The molecule has 1 heterocycles. The second kappa shape index (κ2) is 9.70. The van der Waals surface area contributed by atoms with Crippen LogP contribution in [0.5, 0.6) is 17.4 Å². The van der Waals surface area contributed by atoms with Gasteiger partial charge in [0.25, 0.3) is 5.91 Å². The van der Waals surface area contributed by atoms with Gasteiger partial charge in [0.15, 0.2) is 5.82 Å². The normalized spacial score (nSPS) is 10.4. The van der Waals surface area contributed by atoms with Crippen LogP contribution in [-0.2, 0) is 6.54 Å². The summed E-state index contributed by atoms with van der Waals surface area (Å²) in [6, 6.07) is 22.3. The van der Waals surface area contributed by atoms with Crippen LogP contribution in [0.2, 0.25) is 0 Å². The molecule has 7 heteroatoms. The zero-order valence-electron chi connectivity index (χ0n) is 17.3. The topological polar surface area (TPSA) is 73.3 Å². The molecule has 1 aromatic heterocycles. The lowest BCUT2D eigenvalue weighted by molar-refractivity contribution is 0.0947. The van der Waals surface area contributed by atoms with Gasteiger partial charge in [-0.1, -0.05) is 42.5 Å². The van der Waals surface area contributed by atoms with Gasteiger partial charge in [0.2, 0.25) is 5.88 Å². The van der Waals surface area contributed by atoms with Crippen molar-refractivity contribution in [1.82, 2.24) is 15.3 Å². The van der Waals surface area contributed by atoms with E-state index in [2.05, 4.69) is 15.3 Å². The largest absolute Gasteiger partial charge is 0.497 e. The molecule has 0 aliphatic carbocycles. The summed E-state index contributed by atoms with van der Waals surface area (Å²) in [5.41, 5.74) is 1.74. The molecule has 0 spiro atoms. The summed E-state index contributed by atoms with van der Waals surface area (Å²) in [5.74, 6) is 1.00. The molecule has 0 radical (unpaired) electrons. The van der Waals surface area contributed by atoms with E-state index in [4.69, 9.17) is 9.47 Å². The number of halogens is 1. The molecule has 6 nitrogen and oxygen atoms in total. The van der Waals surface area contributed by atoms with E-state index in [-0.39, 0.29) is 23.8 Å². The number of carbonyl (C=O) groups is 1. The van der Waals surface area contributed by atoms with Crippen LogP contribution in [0.3, 0.4) is 0 Å². The first kappa shape index (κ1) is 21.0. The first-order chi connectivity index (χ1) is 15.6. The van der Waals surface area contributed by atoms with Gasteiger partial charge in [-0.2, -0.15) is 4.98 Å². The zero-order valence-corrected chi connectivity index (χ0v) is 17.3. The van der Waals surface area contributed by atoms with Crippen LogP contribution in [0.25, 0.3) is 11.4 Å². The fraction of sp³-hybridized carbons (Fsp3) is 0.0800. The standard InChI is InChI=1S/C25H20FN3O3/c1-31-20-11-13-21(14-12-20)32-25-22(16-27-23(29-25)18-5-3-2-4-6-18)24(30)28-15-17-7-9-19(26)10-8-17/h2-14,16H,15H2,1H3,(H,28,30). The summed E-state index contributed by atoms with van der Waals surface area (Å²) < 4.78 is 24.2. The quantitative estimate of drug-likeness (QED) is 0.447. The smallest absolute Gasteiger partial charge is 0.258 e. The van der Waals surface area contributed by atoms with Crippen LogP contribution in [0.15, 0.2) is 85.1 Å². The minimum absolute atomic E-state index is 0.126. The van der Waals surface area contributed by atoms with Gasteiger partial charge in [0, 0.05) is 18.3 Å². The van der Waals surface area contributed by atoms with Gasteiger partial charge < -0.3 is 14.8 Å². The Morgan fingerprint density at radius 3 is 2.31 bits per heavy atom. The Labute approximate surface area is 184 Å². The summed E-state index contributed by atoms with van der Waals surface area (Å²) >= 11 is 0. The summed E-state index contributed by atoms with van der Waals surface area (Å²) in [6.45, 7) is 0.224. The van der Waals surface area contributed by atoms with Gasteiger partial charge >= 0.3 is 0 Å². The van der Waals surface area contributed by atoms with Crippen LogP contribution in [0, 0.1) is 5.82 Å². The van der Waals surface area contributed by atoms with Crippen LogP contribution >= 0.6 is 0 Å². The average molecular weight is 429 g/mol. The second-order valence-corrected chi connectivity index (χ2v) is 6.87. The van der Waals surface area contributed by atoms with E-state index in [0.717, 1.165) is 11.1 Å². The molecule has 0 fully saturated rings. The highest BCUT2D eigenvalue weighted by Crippen LogP contribution is 2.27. The lowest BCUT2D eigenvalue weighted by Gasteiger charge is -2.12. The van der Waals surface area contributed by atoms with Gasteiger partial charge in [-0.3, -0.25) is 4.79 Å². The van der Waals surface area contributed by atoms with Crippen LogP contribution in [0.1, 0.15) is 15.9 Å². The summed E-state index contributed by atoms with van der Waals surface area (Å²) in [6.07, 6.45) is 1.44. The van der Waals surface area contributed by atoms with Gasteiger partial charge in [0.05, 0.1) is 7.11 Å². The molecule has 0 bridgehead atoms. The predicted octanol–water partition coefficient (Wildman–Crippen LogP) is 5.01. The maximum atomic E-state index is 13.1. The number of benzene rings is 3. The van der Waals surface area contributed by atoms with E-state index < -0.39 is 5.91 Å². The van der Waals surface area contributed by atoms with Crippen molar-refractivity contribution in [2.24, 2.45) is 0 Å². The third kappa shape index (κ3) is 5.07. The fourth-order valence-corrected chi connectivity index (χ4v) is 2.96. The average Bonchev–Trinajstić information content (AvgIpc) is 2.84. The first-order valence-corrected chi connectivity index (χ1v) is 9.89. The molecule has 0 saturated heterocycles. The summed E-state index contributed by atoms with van der Waals surface area (Å²) in [7, 11) is 1.58. The third-order valence-electron chi connectivity index (χ3n) is 4.67. The molecule has 3 aromatic carbocycles. The zero-order chi connectivity index (χ0) is 22.3. The molecular weight excluding hydrogens is 409 g/mol. The van der Waals surface area contributed by atoms with Crippen molar-refractivity contribution in [3.05, 3.63) is 102 Å². The Balaban J connectivity index is 1.61. The number of amides is 1. The monoisotopic (exact) mass is 429 g/mol. The number of hydrogen-bond acceptors (Lipinski definition) is 5. The molecule has 1 amide bonds. The highest BCUT2D eigenvalue weighted by Gasteiger charge is 2.18. The van der Waals surface area contributed by atoms with E-state index in [1.165, 1.54) is 18.3 Å². The SMILES string of the molecule is COc1ccc(Oc2nc(-c3ccccc3)ncc2C(=O)NCc2ccc(F)cc2)cc1. The van der Waals surface area contributed by atoms with Gasteiger partial charge in [-0.05, 0) is 42.0 Å². The molecule has 0 saturated carbocycles. The molecular formula is C25H20FN3O3. The molecule has 160 valence electrons. The lowest BCUT2D eigenvalue weighted by atomic mass is 10.2. The maximum Gasteiger partial charge on any atom is 0.258 e. The minimum atomic E-state index is -0.405. The molecule has 0 aliphatic heterocycles. The number of carbonyl (C=O) groups excluding carboxylic acids is 1. The van der Waals surface area contributed by atoms with E-state index in [1.807, 2.05) is 30.3 Å². The molecule has 4 rings (SSSR count). The molecule has 1 N–H and O–H groups in total. The van der Waals surface area contributed by atoms with Crippen molar-refractivity contribution in [2.45, 2.75) is 6.54 Å². The third-order valence-corrected chi connectivity index (χ3v) is 4.67. The van der Waals surface area contributed by atoms with Crippen LogP contribution in [-0.4, -0.2) is 23.0 Å². The number of ether oxygens (including phenoxy) is 2. The summed E-state index contributed by atoms with van der Waals surface area (Å²) in [5, 5.41) is 2.80. The first-order valence-electron chi connectivity index (χ1n) is 9.89. The number of rotatable bonds is 7. The Kier molecular flexibility index (Phi) is 6.36. The van der Waals surface area contributed by atoms with E-state index in [1.54, 1.807) is 43.5 Å². The van der Waals surface area contributed by atoms with Gasteiger partial charge in [0.1, 0.15) is 22.9 Å². The number of aromatic nitrogens is 2. The molecule has 0 atom stereocenters. The Bertz CT molecular complexity index is 1200. The summed E-state index contributed by atoms with van der Waals surface area (Å²) in [4.78, 5) is 21.7. The van der Waals surface area contributed by atoms with Crippen molar-refractivity contribution < 1.29 is 18.7 Å². The minimum Gasteiger partial charge on any atom is -0.497 e. The number of methoxy groups -OCH3 is 1. The van der Waals surface area contributed by atoms with E-state index >= 15 is 0 Å². The predicted molar refractivity (Wildman–Crippen MR) is 118 cm³/mol. The second-order valence-electron chi connectivity index (χ2n) is 6.87. The van der Waals surface area contributed by atoms with Gasteiger partial charge in [-0.15, -0.1) is 0 Å². The Morgan fingerprint density at radius 2 is 1.62 bits per heavy atom. The van der Waals surface area contributed by atoms with Crippen LogP contribution < -0.4 is 14.8 Å². The van der Waals surface area contributed by atoms with Crippen molar-refractivity contribution in [3.8, 4) is 28.8 Å². The Hall–Kier alpha value is -4.26. The molecule has 0 aliphatic rings. The lowest BCUT2D eigenvalue weighted by Crippen LogP contribution is -2.24. The van der Waals surface area contributed by atoms with Crippen molar-refractivity contribution in [3.63, 3.8) is 0 Å².